The average Bonchev–Trinajstić information content (AvgIpc) is 2.86. The van der Waals surface area contributed by atoms with E-state index in [1.807, 2.05) is 0 Å². The third-order valence-corrected chi connectivity index (χ3v) is 3.59. The topological polar surface area (TPSA) is 12.0 Å². The Balaban J connectivity index is 1.82. The van der Waals surface area contributed by atoms with Crippen LogP contribution in [0.4, 0.5) is 0 Å². The highest BCUT2D eigenvalue weighted by Gasteiger charge is 2.32. The molecule has 82 valence electrons. The van der Waals surface area contributed by atoms with Gasteiger partial charge in [0.2, 0.25) is 0 Å². The first-order chi connectivity index (χ1) is 7.15. The smallest absolute Gasteiger partial charge is 0.0175 e. The number of hydrogen-bond donors (Lipinski definition) is 1. The molecule has 0 radical (unpaired) electrons. The second kappa shape index (κ2) is 4.67. The molecule has 1 fully saturated rings. The Morgan fingerprint density at radius 2 is 2.00 bits per heavy atom. The predicted molar refractivity (Wildman–Crippen MR) is 68.0 cm³/mol. The molecular formula is C13H18BrN. The fourth-order valence-electron chi connectivity index (χ4n) is 1.95. The first-order valence-corrected chi connectivity index (χ1v) is 6.45. The summed E-state index contributed by atoms with van der Waals surface area (Å²) in [7, 11) is 0. The van der Waals surface area contributed by atoms with E-state index in [0.717, 1.165) is 22.9 Å². The Bertz CT molecular complexity index is 320. The van der Waals surface area contributed by atoms with Crippen LogP contribution >= 0.6 is 15.9 Å². The van der Waals surface area contributed by atoms with Gasteiger partial charge in [-0.2, -0.15) is 0 Å². The van der Waals surface area contributed by atoms with Crippen molar-refractivity contribution in [1.82, 2.24) is 5.32 Å². The predicted octanol–water partition coefficient (Wildman–Crippen LogP) is 3.38. The lowest BCUT2D eigenvalue weighted by Crippen LogP contribution is -2.30. The van der Waals surface area contributed by atoms with Crippen LogP contribution in [0.3, 0.4) is 0 Å². The third kappa shape index (κ3) is 3.32. The summed E-state index contributed by atoms with van der Waals surface area (Å²) in [6.45, 7) is 4.58. The molecule has 1 nitrogen and oxygen atoms in total. The van der Waals surface area contributed by atoms with Crippen molar-refractivity contribution in [2.24, 2.45) is 5.92 Å². The van der Waals surface area contributed by atoms with Gasteiger partial charge in [-0.15, -0.1) is 0 Å². The Morgan fingerprint density at radius 3 is 2.53 bits per heavy atom. The van der Waals surface area contributed by atoms with Gasteiger partial charge in [0.25, 0.3) is 0 Å². The Morgan fingerprint density at radius 1 is 1.40 bits per heavy atom. The van der Waals surface area contributed by atoms with Crippen LogP contribution in [0.5, 0.6) is 0 Å². The SMILES string of the molecule is CC(Cc1ccc(Br)cc1)NC1CC1C. The zero-order chi connectivity index (χ0) is 10.8. The minimum atomic E-state index is 0.584. The van der Waals surface area contributed by atoms with Gasteiger partial charge in [-0.1, -0.05) is 35.0 Å². The molecule has 2 rings (SSSR count). The summed E-state index contributed by atoms with van der Waals surface area (Å²) in [5.74, 6) is 0.886. The maximum absolute atomic E-state index is 3.65. The molecular weight excluding hydrogens is 250 g/mol. The van der Waals surface area contributed by atoms with Crippen LogP contribution in [0.25, 0.3) is 0 Å². The monoisotopic (exact) mass is 267 g/mol. The molecule has 2 heteroatoms. The van der Waals surface area contributed by atoms with Gasteiger partial charge in [-0.05, 0) is 43.4 Å². The fraction of sp³-hybridized carbons (Fsp3) is 0.538. The van der Waals surface area contributed by atoms with Crippen LogP contribution < -0.4 is 5.32 Å². The molecule has 1 aromatic carbocycles. The van der Waals surface area contributed by atoms with E-state index in [1.165, 1.54) is 12.0 Å². The van der Waals surface area contributed by atoms with Crippen molar-refractivity contribution < 1.29 is 0 Å². The number of hydrogen-bond acceptors (Lipinski definition) is 1. The van der Waals surface area contributed by atoms with E-state index in [2.05, 4.69) is 59.4 Å². The largest absolute Gasteiger partial charge is 0.311 e. The summed E-state index contributed by atoms with van der Waals surface area (Å²) in [4.78, 5) is 0. The quantitative estimate of drug-likeness (QED) is 0.882. The highest BCUT2D eigenvalue weighted by molar-refractivity contribution is 9.10. The van der Waals surface area contributed by atoms with Gasteiger partial charge in [0.15, 0.2) is 0 Å². The van der Waals surface area contributed by atoms with E-state index in [9.17, 15) is 0 Å². The lowest BCUT2D eigenvalue weighted by molar-refractivity contribution is 0.527. The summed E-state index contributed by atoms with van der Waals surface area (Å²) in [5.41, 5.74) is 1.41. The molecule has 0 saturated heterocycles. The number of benzene rings is 1. The first kappa shape index (κ1) is 11.2. The molecule has 1 saturated carbocycles. The summed E-state index contributed by atoms with van der Waals surface area (Å²) in [5, 5.41) is 3.65. The molecule has 0 aromatic heterocycles. The summed E-state index contributed by atoms with van der Waals surface area (Å²) < 4.78 is 1.16. The van der Waals surface area contributed by atoms with Crippen LogP contribution in [0.1, 0.15) is 25.8 Å². The lowest BCUT2D eigenvalue weighted by atomic mass is 10.1. The molecule has 15 heavy (non-hydrogen) atoms. The van der Waals surface area contributed by atoms with Crippen molar-refractivity contribution in [3.8, 4) is 0 Å². The minimum Gasteiger partial charge on any atom is -0.311 e. The molecule has 0 amide bonds. The van der Waals surface area contributed by atoms with Crippen LogP contribution in [0.2, 0.25) is 0 Å². The zero-order valence-electron chi connectivity index (χ0n) is 9.33. The molecule has 1 aliphatic rings. The molecule has 0 spiro atoms. The fourth-order valence-corrected chi connectivity index (χ4v) is 2.22. The molecule has 3 unspecified atom stereocenters. The van der Waals surface area contributed by atoms with E-state index in [1.54, 1.807) is 0 Å². The Hall–Kier alpha value is -0.340. The second-order valence-corrected chi connectivity index (χ2v) is 5.63. The van der Waals surface area contributed by atoms with E-state index in [4.69, 9.17) is 0 Å². The molecule has 0 heterocycles. The molecule has 0 aliphatic heterocycles. The van der Waals surface area contributed by atoms with Gasteiger partial charge in [0.1, 0.15) is 0 Å². The van der Waals surface area contributed by atoms with E-state index < -0.39 is 0 Å². The van der Waals surface area contributed by atoms with Gasteiger partial charge in [-0.3, -0.25) is 0 Å². The molecule has 3 atom stereocenters. The normalized spacial score (nSPS) is 26.3. The number of nitrogens with one attached hydrogen (secondary N) is 1. The van der Waals surface area contributed by atoms with E-state index in [-0.39, 0.29) is 0 Å². The highest BCUT2D eigenvalue weighted by Crippen LogP contribution is 2.29. The molecule has 1 aromatic rings. The molecule has 1 N–H and O–H groups in total. The van der Waals surface area contributed by atoms with Crippen molar-refractivity contribution in [2.75, 3.05) is 0 Å². The van der Waals surface area contributed by atoms with Crippen molar-refractivity contribution in [3.63, 3.8) is 0 Å². The average molecular weight is 268 g/mol. The zero-order valence-corrected chi connectivity index (χ0v) is 10.9. The Kier molecular flexibility index (Phi) is 3.47. The maximum Gasteiger partial charge on any atom is 0.0175 e. The second-order valence-electron chi connectivity index (χ2n) is 4.72. The van der Waals surface area contributed by atoms with Gasteiger partial charge >= 0.3 is 0 Å². The first-order valence-electron chi connectivity index (χ1n) is 5.65. The van der Waals surface area contributed by atoms with Crippen LogP contribution in [0, 0.1) is 5.92 Å². The summed E-state index contributed by atoms with van der Waals surface area (Å²) in [6, 6.07) is 9.97. The minimum absolute atomic E-state index is 0.584. The van der Waals surface area contributed by atoms with Gasteiger partial charge in [-0.25, -0.2) is 0 Å². The number of halogens is 1. The maximum atomic E-state index is 3.65. The van der Waals surface area contributed by atoms with Crippen molar-refractivity contribution >= 4 is 15.9 Å². The summed E-state index contributed by atoms with van der Waals surface area (Å²) >= 11 is 3.45. The van der Waals surface area contributed by atoms with Gasteiger partial charge < -0.3 is 5.32 Å². The Labute approximate surface area is 100 Å². The summed E-state index contributed by atoms with van der Waals surface area (Å²) in [6.07, 6.45) is 2.47. The van der Waals surface area contributed by atoms with Gasteiger partial charge in [0, 0.05) is 16.6 Å². The van der Waals surface area contributed by atoms with Crippen LogP contribution in [-0.2, 0) is 6.42 Å². The molecule has 0 bridgehead atoms. The highest BCUT2D eigenvalue weighted by atomic mass is 79.9. The van der Waals surface area contributed by atoms with Crippen molar-refractivity contribution in [1.29, 1.82) is 0 Å². The van der Waals surface area contributed by atoms with Gasteiger partial charge in [0.05, 0.1) is 0 Å². The lowest BCUT2D eigenvalue weighted by Gasteiger charge is -2.13. The molecule has 1 aliphatic carbocycles. The van der Waals surface area contributed by atoms with Crippen LogP contribution in [0.15, 0.2) is 28.7 Å². The van der Waals surface area contributed by atoms with Crippen molar-refractivity contribution in [2.45, 2.75) is 38.8 Å². The van der Waals surface area contributed by atoms with E-state index >= 15 is 0 Å². The third-order valence-electron chi connectivity index (χ3n) is 3.06. The van der Waals surface area contributed by atoms with E-state index in [0.29, 0.717) is 6.04 Å². The van der Waals surface area contributed by atoms with Crippen LogP contribution in [-0.4, -0.2) is 12.1 Å². The standard InChI is InChI=1S/C13H18BrN/c1-9-7-13(9)15-10(2)8-11-3-5-12(14)6-4-11/h3-6,9-10,13,15H,7-8H2,1-2H3. The van der Waals surface area contributed by atoms with Crippen molar-refractivity contribution in [3.05, 3.63) is 34.3 Å². The number of rotatable bonds is 4.